The van der Waals surface area contributed by atoms with Crippen molar-refractivity contribution in [1.82, 2.24) is 5.32 Å². The van der Waals surface area contributed by atoms with E-state index in [1.165, 1.54) is 5.56 Å². The minimum atomic E-state index is -0.839. The standard InChI is InChI=1S/C14H21NO2/c1-4-14(3,13(16)17)15-11(2)10-12-8-6-5-7-9-12/h5-9,11,15H,4,10H2,1-3H3,(H,16,17). The van der Waals surface area contributed by atoms with Gasteiger partial charge in [0.1, 0.15) is 5.54 Å². The third-order valence-electron chi connectivity index (χ3n) is 3.13. The molecule has 1 aromatic rings. The van der Waals surface area contributed by atoms with E-state index in [1.807, 2.05) is 32.0 Å². The Labute approximate surface area is 103 Å². The van der Waals surface area contributed by atoms with Gasteiger partial charge in [0.15, 0.2) is 0 Å². The molecule has 0 aliphatic heterocycles. The Morgan fingerprint density at radius 1 is 1.41 bits per heavy atom. The molecule has 0 aliphatic carbocycles. The van der Waals surface area contributed by atoms with Gasteiger partial charge in [0.2, 0.25) is 0 Å². The maximum absolute atomic E-state index is 11.2. The maximum atomic E-state index is 11.2. The van der Waals surface area contributed by atoms with Crippen molar-refractivity contribution in [2.24, 2.45) is 0 Å². The number of aliphatic carboxylic acids is 1. The van der Waals surface area contributed by atoms with Gasteiger partial charge in [0, 0.05) is 6.04 Å². The fraction of sp³-hybridized carbons (Fsp3) is 0.500. The number of carboxylic acids is 1. The topological polar surface area (TPSA) is 49.3 Å². The van der Waals surface area contributed by atoms with E-state index in [2.05, 4.69) is 17.4 Å². The molecule has 17 heavy (non-hydrogen) atoms. The van der Waals surface area contributed by atoms with Crippen LogP contribution < -0.4 is 5.32 Å². The van der Waals surface area contributed by atoms with Crippen LogP contribution in [0.2, 0.25) is 0 Å². The van der Waals surface area contributed by atoms with E-state index in [4.69, 9.17) is 0 Å². The monoisotopic (exact) mass is 235 g/mol. The van der Waals surface area contributed by atoms with Gasteiger partial charge in [0.05, 0.1) is 0 Å². The highest BCUT2D eigenvalue weighted by Gasteiger charge is 2.31. The third-order valence-corrected chi connectivity index (χ3v) is 3.13. The molecule has 0 saturated carbocycles. The summed E-state index contributed by atoms with van der Waals surface area (Å²) in [5, 5.41) is 12.4. The summed E-state index contributed by atoms with van der Waals surface area (Å²) in [5.41, 5.74) is 0.380. The van der Waals surface area contributed by atoms with Crippen molar-refractivity contribution in [3.8, 4) is 0 Å². The van der Waals surface area contributed by atoms with Crippen LogP contribution in [0.15, 0.2) is 30.3 Å². The summed E-state index contributed by atoms with van der Waals surface area (Å²) >= 11 is 0. The molecular formula is C14H21NO2. The molecule has 3 heteroatoms. The highest BCUT2D eigenvalue weighted by Crippen LogP contribution is 2.12. The number of carbonyl (C=O) groups is 1. The maximum Gasteiger partial charge on any atom is 0.323 e. The van der Waals surface area contributed by atoms with Crippen LogP contribution in [0.1, 0.15) is 32.8 Å². The molecule has 1 rings (SSSR count). The van der Waals surface area contributed by atoms with E-state index >= 15 is 0 Å². The highest BCUT2D eigenvalue weighted by molar-refractivity contribution is 5.78. The molecule has 3 nitrogen and oxygen atoms in total. The van der Waals surface area contributed by atoms with Gasteiger partial charge in [0.25, 0.3) is 0 Å². The van der Waals surface area contributed by atoms with Gasteiger partial charge >= 0.3 is 5.97 Å². The van der Waals surface area contributed by atoms with Crippen LogP contribution in [0.5, 0.6) is 0 Å². The minimum absolute atomic E-state index is 0.137. The first kappa shape index (κ1) is 13.7. The molecule has 0 radical (unpaired) electrons. The number of rotatable bonds is 6. The average molecular weight is 235 g/mol. The molecule has 0 spiro atoms. The third kappa shape index (κ3) is 3.86. The Kier molecular flexibility index (Phi) is 4.70. The van der Waals surface area contributed by atoms with Crippen LogP contribution in [0.4, 0.5) is 0 Å². The summed E-state index contributed by atoms with van der Waals surface area (Å²) in [5.74, 6) is -0.792. The number of carboxylic acid groups (broad SMARTS) is 1. The summed E-state index contributed by atoms with van der Waals surface area (Å²) in [7, 11) is 0. The number of benzene rings is 1. The summed E-state index contributed by atoms with van der Waals surface area (Å²) in [6.45, 7) is 5.64. The van der Waals surface area contributed by atoms with Crippen molar-refractivity contribution < 1.29 is 9.90 Å². The highest BCUT2D eigenvalue weighted by atomic mass is 16.4. The minimum Gasteiger partial charge on any atom is -0.480 e. The van der Waals surface area contributed by atoms with Crippen LogP contribution in [0, 0.1) is 0 Å². The van der Waals surface area contributed by atoms with E-state index in [9.17, 15) is 9.90 Å². The second-order valence-corrected chi connectivity index (χ2v) is 4.73. The zero-order valence-corrected chi connectivity index (χ0v) is 10.7. The summed E-state index contributed by atoms with van der Waals surface area (Å²) in [6, 6.07) is 10.2. The second-order valence-electron chi connectivity index (χ2n) is 4.73. The van der Waals surface area contributed by atoms with E-state index in [0.29, 0.717) is 6.42 Å². The second kappa shape index (κ2) is 5.82. The fourth-order valence-electron chi connectivity index (χ4n) is 1.88. The lowest BCUT2D eigenvalue weighted by atomic mass is 9.96. The molecule has 0 aromatic heterocycles. The van der Waals surface area contributed by atoms with E-state index in [0.717, 1.165) is 6.42 Å². The molecule has 0 heterocycles. The van der Waals surface area contributed by atoms with Crippen molar-refractivity contribution in [3.63, 3.8) is 0 Å². The lowest BCUT2D eigenvalue weighted by Gasteiger charge is -2.29. The number of hydrogen-bond acceptors (Lipinski definition) is 2. The van der Waals surface area contributed by atoms with Crippen molar-refractivity contribution in [1.29, 1.82) is 0 Å². The molecule has 2 unspecified atom stereocenters. The van der Waals surface area contributed by atoms with Crippen LogP contribution in [0.3, 0.4) is 0 Å². The van der Waals surface area contributed by atoms with Crippen molar-refractivity contribution >= 4 is 5.97 Å². The van der Waals surface area contributed by atoms with Crippen LogP contribution in [-0.2, 0) is 11.2 Å². The van der Waals surface area contributed by atoms with Gasteiger partial charge in [-0.3, -0.25) is 10.1 Å². The van der Waals surface area contributed by atoms with Gasteiger partial charge in [-0.15, -0.1) is 0 Å². The first-order chi connectivity index (χ1) is 7.98. The Hall–Kier alpha value is -1.35. The molecule has 0 fully saturated rings. The Morgan fingerprint density at radius 3 is 2.47 bits per heavy atom. The predicted molar refractivity (Wildman–Crippen MR) is 69.1 cm³/mol. The molecule has 94 valence electrons. The lowest BCUT2D eigenvalue weighted by Crippen LogP contribution is -2.53. The first-order valence-corrected chi connectivity index (χ1v) is 6.03. The summed E-state index contributed by atoms with van der Waals surface area (Å²) in [4.78, 5) is 11.2. The fourth-order valence-corrected chi connectivity index (χ4v) is 1.88. The SMILES string of the molecule is CCC(C)(NC(C)Cc1ccccc1)C(=O)O. The van der Waals surface area contributed by atoms with Crippen LogP contribution in [-0.4, -0.2) is 22.7 Å². The zero-order valence-electron chi connectivity index (χ0n) is 10.7. The van der Waals surface area contributed by atoms with E-state index in [1.54, 1.807) is 6.92 Å². The molecule has 0 saturated heterocycles. The Bertz CT molecular complexity index is 364. The molecule has 2 N–H and O–H groups in total. The van der Waals surface area contributed by atoms with Crippen LogP contribution >= 0.6 is 0 Å². The van der Waals surface area contributed by atoms with E-state index in [-0.39, 0.29) is 6.04 Å². The number of nitrogens with one attached hydrogen (secondary N) is 1. The van der Waals surface area contributed by atoms with Gasteiger partial charge in [-0.05, 0) is 32.3 Å². The zero-order chi connectivity index (χ0) is 12.9. The van der Waals surface area contributed by atoms with Gasteiger partial charge < -0.3 is 5.11 Å². The number of hydrogen-bond donors (Lipinski definition) is 2. The molecule has 1 aromatic carbocycles. The molecule has 0 amide bonds. The van der Waals surface area contributed by atoms with E-state index < -0.39 is 11.5 Å². The Morgan fingerprint density at radius 2 is 2.00 bits per heavy atom. The van der Waals surface area contributed by atoms with Crippen molar-refractivity contribution in [3.05, 3.63) is 35.9 Å². The quantitative estimate of drug-likeness (QED) is 0.796. The van der Waals surface area contributed by atoms with Gasteiger partial charge in [-0.2, -0.15) is 0 Å². The molecule has 0 bridgehead atoms. The largest absolute Gasteiger partial charge is 0.480 e. The molecule has 0 aliphatic rings. The summed E-state index contributed by atoms with van der Waals surface area (Å²) < 4.78 is 0. The first-order valence-electron chi connectivity index (χ1n) is 6.03. The van der Waals surface area contributed by atoms with Crippen molar-refractivity contribution in [2.75, 3.05) is 0 Å². The summed E-state index contributed by atoms with van der Waals surface area (Å²) in [6.07, 6.45) is 1.41. The molecular weight excluding hydrogens is 214 g/mol. The lowest BCUT2D eigenvalue weighted by molar-refractivity contribution is -0.144. The van der Waals surface area contributed by atoms with Gasteiger partial charge in [-0.1, -0.05) is 37.3 Å². The predicted octanol–water partition coefficient (Wildman–Crippen LogP) is 2.46. The smallest absolute Gasteiger partial charge is 0.323 e. The molecule has 2 atom stereocenters. The average Bonchev–Trinajstić information content (AvgIpc) is 2.29. The van der Waals surface area contributed by atoms with Crippen molar-refractivity contribution in [2.45, 2.75) is 45.2 Å². The van der Waals surface area contributed by atoms with Crippen LogP contribution in [0.25, 0.3) is 0 Å². The van der Waals surface area contributed by atoms with Gasteiger partial charge in [-0.25, -0.2) is 0 Å². The normalized spacial score (nSPS) is 16.2. The Balaban J connectivity index is 2.60.